The largest absolute Gasteiger partial charge is 0.445 e. The summed E-state index contributed by atoms with van der Waals surface area (Å²) in [6, 6.07) is 82.9. The Bertz CT molecular complexity index is 6290. The van der Waals surface area contributed by atoms with Crippen LogP contribution in [0.5, 0.6) is 0 Å². The Morgan fingerprint density at radius 3 is 0.730 bits per heavy atom. The fourth-order valence-corrected chi connectivity index (χ4v) is 19.2. The maximum absolute atomic E-state index is 13.8. The van der Waals surface area contributed by atoms with E-state index in [-0.39, 0.29) is 97.2 Å². The summed E-state index contributed by atoms with van der Waals surface area (Å²) >= 11 is 0. The summed E-state index contributed by atoms with van der Waals surface area (Å²) in [6.07, 6.45) is -1.41. The predicted octanol–water partition coefficient (Wildman–Crippen LogP) is 9.79. The molecule has 0 aliphatic carbocycles. The number of carbonyl (C=O) groups excluding carboxylic acids is 7. The number of carbonyl (C=O) groups is 7. The molecule has 44 heteroatoms. The fraction of sp³-hybridized carbons (Fsp3) is 0.215. The Hall–Kier alpha value is -13.5. The van der Waals surface area contributed by atoms with Crippen molar-refractivity contribution in [2.45, 2.75) is 96.2 Å². The number of hydrogen-bond donors (Lipinski definition) is 12. The third kappa shape index (κ3) is 32.9. The SMILES string of the molecule is CON([C@H](CCNC(=O)OCc1ccccc1)C(=O)NO)S(=O)(=O)c1ccc(-c2ccccc2)cc1.CON([C@H](CCNC(C)=O)C(=O)NO)S(=O)(=O)c1ccc(-c2ccccc2)cc1.CON([C@H](CCNS(C)(=O)=O)C(=O)NO)S(=O)(=O)c1ccc(-c2ccccc2)cc1.O=C(NCC[C@H](C(=O)NO)N(OCc1ccccc1)S(=O)(=O)c1ccc(-c2ccccc2)cc1)OCc1ccccc1. The Morgan fingerprint density at radius 2 is 0.496 bits per heavy atom. The summed E-state index contributed by atoms with van der Waals surface area (Å²) in [5.41, 5.74) is 14.9. The molecule has 11 aromatic rings. The first-order valence-electron chi connectivity index (χ1n) is 41.6. The number of ether oxygens (including phenoxy) is 2. The van der Waals surface area contributed by atoms with E-state index in [1.807, 2.05) is 158 Å². The zero-order chi connectivity index (χ0) is 99.6. The fourth-order valence-electron chi connectivity index (χ4n) is 13.0. The average molecular weight is 1980 g/mol. The standard InChI is InChI=1S/C31H31N3O7S.C25H27N3O7S.C19H23N3O6S.C18H23N3O7S2/c35-30(33-37)29(20-21-32-31(36)40-22-24-10-4-1-5-11-24)34(41-23-25-12-6-2-7-13-25)42(38,39)28-18-16-27(17-19-28)26-14-8-3-9-15-26;1-34-28(36(32,33)22-14-12-21(13-15-22)20-10-6-3-7-11-20)23(24(29)27-31)16-17-26-25(30)35-18-19-8-4-2-5-9-19;1-14(23)20-13-12-18(19(24)21-25)22(28-2)29(26,27)17-10-8-16(9-11-17)15-6-4-3-5-7-15;1-28-21(17(18(22)20-23)12-13-19-29(2,24)25)30(26,27)16-10-8-15(9-11-16)14-6-4-3-5-7-14/h1-19,29,37H,20-23H2,(H,32,36)(H,33,35);2-15,23,31H,16-18H2,1H3,(H,26,30)(H,27,29);3-11,18,25H,12-13H2,1-2H3,(H,20,23)(H,21,24);3-11,17,19,23H,12-13H2,1-2H3,(H,20,22)/t29-;23-;18-;17-/m1111/s1. The molecule has 11 aromatic carbocycles. The number of alkyl carbamates (subject to hydrolysis) is 2. The lowest BCUT2D eigenvalue weighted by Gasteiger charge is -2.28. The van der Waals surface area contributed by atoms with Gasteiger partial charge in [-0.25, -0.2) is 78.3 Å². The molecule has 39 nitrogen and oxygen atoms in total. The first kappa shape index (κ1) is 109. The molecule has 7 amide bonds. The maximum Gasteiger partial charge on any atom is 0.407 e. The molecule has 0 radical (unpaired) electrons. The van der Waals surface area contributed by atoms with Gasteiger partial charge in [-0.3, -0.25) is 64.2 Å². The number of nitrogens with zero attached hydrogens (tertiary/aromatic N) is 4. The molecular formula is C93H104N12O27S5. The summed E-state index contributed by atoms with van der Waals surface area (Å²) in [7, 11) is -17.6. The van der Waals surface area contributed by atoms with E-state index in [4.69, 9.17) is 39.2 Å². The van der Waals surface area contributed by atoms with Crippen molar-refractivity contribution < 1.29 is 125 Å². The second kappa shape index (κ2) is 54.3. The molecule has 0 spiro atoms. The van der Waals surface area contributed by atoms with E-state index in [1.165, 1.54) is 77.4 Å². The Labute approximate surface area is 793 Å². The van der Waals surface area contributed by atoms with Crippen LogP contribution in [0.15, 0.2) is 329 Å². The highest BCUT2D eigenvalue weighted by Crippen LogP contribution is 2.31. The smallest absolute Gasteiger partial charge is 0.407 e. The van der Waals surface area contributed by atoms with E-state index in [1.54, 1.807) is 103 Å². The van der Waals surface area contributed by atoms with E-state index in [2.05, 4.69) is 20.7 Å². The first-order chi connectivity index (χ1) is 65.6. The lowest BCUT2D eigenvalue weighted by Crippen LogP contribution is -2.50. The number of amides is 7. The third-order valence-electron chi connectivity index (χ3n) is 19.8. The van der Waals surface area contributed by atoms with E-state index < -0.39 is 110 Å². The monoisotopic (exact) mass is 1980 g/mol. The van der Waals surface area contributed by atoms with Crippen LogP contribution in [-0.4, -0.2) is 200 Å². The zero-order valence-corrected chi connectivity index (χ0v) is 78.6. The van der Waals surface area contributed by atoms with Crippen molar-refractivity contribution in [1.29, 1.82) is 0 Å². The van der Waals surface area contributed by atoms with E-state index in [9.17, 15) is 86.1 Å². The van der Waals surface area contributed by atoms with Gasteiger partial charge in [0, 0.05) is 33.1 Å². The number of hydroxylamine groups is 8. The molecule has 11 rings (SSSR count). The normalized spacial score (nSPS) is 12.4. The van der Waals surface area contributed by atoms with Gasteiger partial charge in [0.05, 0.1) is 53.8 Å². The van der Waals surface area contributed by atoms with Gasteiger partial charge in [-0.05, 0) is 135 Å². The minimum atomic E-state index is -4.43. The van der Waals surface area contributed by atoms with Crippen molar-refractivity contribution in [3.05, 3.63) is 326 Å². The van der Waals surface area contributed by atoms with Crippen LogP contribution >= 0.6 is 0 Å². The quantitative estimate of drug-likeness (QED) is 0.0125. The highest BCUT2D eigenvalue weighted by molar-refractivity contribution is 7.90. The molecule has 0 aliphatic rings. The Balaban J connectivity index is 0.000000227. The molecule has 0 saturated carbocycles. The van der Waals surface area contributed by atoms with Gasteiger partial charge in [-0.15, -0.1) is 0 Å². The van der Waals surface area contributed by atoms with Gasteiger partial charge >= 0.3 is 12.2 Å². The van der Waals surface area contributed by atoms with E-state index >= 15 is 0 Å². The third-order valence-corrected chi connectivity index (χ3v) is 27.4. The van der Waals surface area contributed by atoms with Gasteiger partial charge in [-0.2, -0.15) is 0 Å². The maximum atomic E-state index is 13.8. The summed E-state index contributed by atoms with van der Waals surface area (Å²) in [4.78, 5) is 105. The van der Waals surface area contributed by atoms with Crippen LogP contribution in [0.1, 0.15) is 49.3 Å². The number of hydrogen-bond acceptors (Lipinski definition) is 27. The van der Waals surface area contributed by atoms with Crippen LogP contribution in [0.3, 0.4) is 0 Å². The van der Waals surface area contributed by atoms with Crippen LogP contribution in [0.4, 0.5) is 9.59 Å². The Kier molecular flexibility index (Phi) is 43.2. The molecule has 0 aromatic heterocycles. The summed E-state index contributed by atoms with van der Waals surface area (Å²) in [6.45, 7) is 0.671. The number of nitrogens with one attached hydrogen (secondary N) is 8. The van der Waals surface area contributed by atoms with Crippen molar-refractivity contribution in [2.75, 3.05) is 53.8 Å². The van der Waals surface area contributed by atoms with Crippen LogP contribution in [0.2, 0.25) is 0 Å². The van der Waals surface area contributed by atoms with Gasteiger partial charge in [-0.1, -0.05) is 279 Å². The minimum absolute atomic E-state index is 0.00967. The second-order valence-electron chi connectivity index (χ2n) is 29.2. The highest BCUT2D eigenvalue weighted by atomic mass is 32.2. The van der Waals surface area contributed by atoms with E-state index in [0.29, 0.717) is 23.4 Å². The number of sulfonamides is 5. The van der Waals surface area contributed by atoms with Gasteiger partial charge < -0.3 is 25.4 Å². The van der Waals surface area contributed by atoms with Gasteiger partial charge in [0.25, 0.3) is 63.7 Å². The van der Waals surface area contributed by atoms with Gasteiger partial charge in [0.2, 0.25) is 15.9 Å². The predicted molar refractivity (Wildman–Crippen MR) is 500 cm³/mol. The van der Waals surface area contributed by atoms with Crippen LogP contribution < -0.4 is 42.6 Å². The number of benzene rings is 11. The van der Waals surface area contributed by atoms with Crippen molar-refractivity contribution in [3.63, 3.8) is 0 Å². The average Bonchev–Trinajstić information content (AvgIpc) is 0.795. The molecule has 137 heavy (non-hydrogen) atoms. The molecule has 0 bridgehead atoms. The number of rotatable bonds is 43. The first-order valence-corrected chi connectivity index (χ1v) is 49.2. The molecular weight excluding hydrogens is 1880 g/mol. The van der Waals surface area contributed by atoms with Gasteiger partial charge in [0.1, 0.15) is 37.4 Å². The Morgan fingerprint density at radius 1 is 0.285 bits per heavy atom. The van der Waals surface area contributed by atoms with Crippen molar-refractivity contribution in [2.24, 2.45) is 0 Å². The van der Waals surface area contributed by atoms with Crippen molar-refractivity contribution in [3.8, 4) is 44.5 Å². The van der Waals surface area contributed by atoms with Crippen molar-refractivity contribution >= 4 is 91.8 Å². The highest BCUT2D eigenvalue weighted by Gasteiger charge is 2.42. The molecule has 0 fully saturated rings. The van der Waals surface area contributed by atoms with Crippen LogP contribution in [0, 0.1) is 0 Å². The molecule has 728 valence electrons. The molecule has 4 atom stereocenters. The molecule has 0 aliphatic heterocycles. The van der Waals surface area contributed by atoms with E-state index in [0.717, 1.165) is 83.2 Å². The topological polar surface area (TPSA) is 536 Å². The minimum Gasteiger partial charge on any atom is -0.445 e. The van der Waals surface area contributed by atoms with Crippen LogP contribution in [0.25, 0.3) is 44.5 Å². The van der Waals surface area contributed by atoms with Gasteiger partial charge in [0.15, 0.2) is 0 Å². The van der Waals surface area contributed by atoms with Crippen molar-refractivity contribution in [1.82, 2.24) is 60.5 Å². The molecule has 0 saturated heterocycles. The molecule has 0 unspecified atom stereocenters. The lowest BCUT2D eigenvalue weighted by atomic mass is 10.1. The second-order valence-corrected chi connectivity index (χ2v) is 38.1. The van der Waals surface area contributed by atoms with Crippen LogP contribution in [-0.2, 0) is 123 Å². The molecule has 0 heterocycles. The summed E-state index contributed by atoms with van der Waals surface area (Å²) in [5, 5.41) is 44.1. The lowest BCUT2D eigenvalue weighted by molar-refractivity contribution is -0.158. The molecule has 12 N–H and O–H groups in total. The summed E-state index contributed by atoms with van der Waals surface area (Å²) < 4.78 is 143. The summed E-state index contributed by atoms with van der Waals surface area (Å²) in [5.74, 6) is -4.46. The zero-order valence-electron chi connectivity index (χ0n) is 74.5.